The number of hydrogen-bond donors (Lipinski definition) is 2. The van der Waals surface area contributed by atoms with Crippen LogP contribution in [0, 0.1) is 0 Å². The van der Waals surface area contributed by atoms with Crippen molar-refractivity contribution < 1.29 is 0 Å². The Morgan fingerprint density at radius 1 is 0.282 bits per heavy atom. The molecule has 0 aliphatic heterocycles. The summed E-state index contributed by atoms with van der Waals surface area (Å²) < 4.78 is 0. The van der Waals surface area contributed by atoms with Crippen LogP contribution >= 0.6 is 0 Å². The fourth-order valence-corrected chi connectivity index (χ4v) is 5.97. The van der Waals surface area contributed by atoms with E-state index in [4.69, 9.17) is 5.73 Å². The second kappa shape index (κ2) is 37.9. The minimum atomic E-state index is 0.872. The first-order valence-electron chi connectivity index (χ1n) is 18.8. The average molecular weight is 551 g/mol. The molecule has 0 unspecified atom stereocenters. The Balaban J connectivity index is 3.01. The summed E-state index contributed by atoms with van der Waals surface area (Å²) in [5.41, 5.74) is 5.55. The van der Waals surface area contributed by atoms with E-state index in [1.54, 1.807) is 0 Å². The van der Waals surface area contributed by atoms with Gasteiger partial charge in [-0.25, -0.2) is 0 Å². The third-order valence-electron chi connectivity index (χ3n) is 8.76. The molecule has 0 amide bonds. The van der Waals surface area contributed by atoms with E-state index in [1.165, 1.54) is 225 Å². The summed E-state index contributed by atoms with van der Waals surface area (Å²) in [6.07, 6.45) is 47.6. The molecule has 0 aliphatic rings. The van der Waals surface area contributed by atoms with E-state index < -0.39 is 0 Å². The van der Waals surface area contributed by atoms with E-state index in [0.29, 0.717) is 0 Å². The zero-order chi connectivity index (χ0) is 28.2. The van der Waals surface area contributed by atoms with Crippen molar-refractivity contribution >= 4 is 0 Å². The van der Waals surface area contributed by atoms with Gasteiger partial charge in [-0.05, 0) is 38.9 Å². The fourth-order valence-electron chi connectivity index (χ4n) is 5.97. The van der Waals surface area contributed by atoms with Crippen LogP contribution in [-0.2, 0) is 0 Å². The van der Waals surface area contributed by atoms with Crippen molar-refractivity contribution in [2.75, 3.05) is 19.6 Å². The second-order valence-corrected chi connectivity index (χ2v) is 12.9. The van der Waals surface area contributed by atoms with E-state index >= 15 is 0 Å². The molecule has 0 aromatic rings. The highest BCUT2D eigenvalue weighted by Crippen LogP contribution is 2.15. The third-order valence-corrected chi connectivity index (χ3v) is 8.76. The molecular formula is C37H78N2. The normalized spacial score (nSPS) is 11.5. The van der Waals surface area contributed by atoms with Crippen LogP contribution in [0.1, 0.15) is 219 Å². The molecule has 0 aromatic heterocycles. The van der Waals surface area contributed by atoms with Crippen molar-refractivity contribution in [3.05, 3.63) is 0 Å². The summed E-state index contributed by atoms with van der Waals surface area (Å²) in [7, 11) is 0. The van der Waals surface area contributed by atoms with Crippen LogP contribution in [0.15, 0.2) is 0 Å². The van der Waals surface area contributed by atoms with Gasteiger partial charge in [-0.2, -0.15) is 0 Å². The number of nitrogens with one attached hydrogen (secondary N) is 1. The molecule has 0 radical (unpaired) electrons. The lowest BCUT2D eigenvalue weighted by Crippen LogP contribution is -2.16. The smallest absolute Gasteiger partial charge is 0.00489 e. The average Bonchev–Trinajstić information content (AvgIpc) is 2.95. The predicted molar refractivity (Wildman–Crippen MR) is 180 cm³/mol. The molecule has 39 heavy (non-hydrogen) atoms. The minimum Gasteiger partial charge on any atom is -0.330 e. The van der Waals surface area contributed by atoms with Crippen molar-refractivity contribution in [1.82, 2.24) is 5.32 Å². The Bertz CT molecular complexity index is 361. The third kappa shape index (κ3) is 37.9. The van der Waals surface area contributed by atoms with Gasteiger partial charge in [-0.15, -0.1) is 0 Å². The van der Waals surface area contributed by atoms with Gasteiger partial charge in [-0.3, -0.25) is 0 Å². The molecule has 2 nitrogen and oxygen atoms in total. The maximum Gasteiger partial charge on any atom is -0.00489 e. The van der Waals surface area contributed by atoms with Crippen molar-refractivity contribution in [2.24, 2.45) is 5.73 Å². The van der Waals surface area contributed by atoms with E-state index in [2.05, 4.69) is 12.2 Å². The van der Waals surface area contributed by atoms with Gasteiger partial charge in [0.25, 0.3) is 0 Å². The molecule has 3 N–H and O–H groups in total. The predicted octanol–water partition coefficient (Wildman–Crippen LogP) is 12.4. The molecule has 0 saturated carbocycles. The topological polar surface area (TPSA) is 38.0 Å². The van der Waals surface area contributed by atoms with E-state index in [1.807, 2.05) is 0 Å². The highest BCUT2D eigenvalue weighted by atomic mass is 14.8. The maximum atomic E-state index is 5.55. The molecule has 0 fully saturated rings. The Kier molecular flexibility index (Phi) is 37.8. The van der Waals surface area contributed by atoms with Crippen LogP contribution in [-0.4, -0.2) is 19.6 Å². The van der Waals surface area contributed by atoms with Gasteiger partial charge in [0, 0.05) is 0 Å². The van der Waals surface area contributed by atoms with Crippen LogP contribution in [0.5, 0.6) is 0 Å². The monoisotopic (exact) mass is 551 g/mol. The molecule has 0 atom stereocenters. The van der Waals surface area contributed by atoms with Crippen LogP contribution in [0.25, 0.3) is 0 Å². The molecule has 0 heterocycles. The van der Waals surface area contributed by atoms with Crippen molar-refractivity contribution in [2.45, 2.75) is 219 Å². The van der Waals surface area contributed by atoms with Gasteiger partial charge in [0.15, 0.2) is 0 Å². The first kappa shape index (κ1) is 38.9. The first-order valence-corrected chi connectivity index (χ1v) is 18.8. The van der Waals surface area contributed by atoms with Crippen molar-refractivity contribution in [3.8, 4) is 0 Å². The molecule has 0 bridgehead atoms. The number of hydrogen-bond acceptors (Lipinski definition) is 2. The Hall–Kier alpha value is -0.0800. The summed E-state index contributed by atoms with van der Waals surface area (Å²) in [5, 5.41) is 3.68. The zero-order valence-electron chi connectivity index (χ0n) is 27.5. The van der Waals surface area contributed by atoms with Gasteiger partial charge in [0.05, 0.1) is 0 Å². The molecule has 0 saturated heterocycles. The number of rotatable bonds is 36. The fraction of sp³-hybridized carbons (Fsp3) is 1.00. The quantitative estimate of drug-likeness (QED) is 0.0761. The molecule has 0 spiro atoms. The molecule has 0 aliphatic carbocycles. The molecule has 236 valence electrons. The largest absolute Gasteiger partial charge is 0.330 e. The van der Waals surface area contributed by atoms with Crippen LogP contribution < -0.4 is 11.1 Å². The summed E-state index contributed by atoms with van der Waals surface area (Å²) in [6, 6.07) is 0. The number of unbranched alkanes of at least 4 members (excludes halogenated alkanes) is 31. The van der Waals surface area contributed by atoms with Crippen LogP contribution in [0.2, 0.25) is 0 Å². The van der Waals surface area contributed by atoms with Crippen molar-refractivity contribution in [1.29, 1.82) is 0 Å². The zero-order valence-corrected chi connectivity index (χ0v) is 27.5. The Labute approximate surface area is 249 Å². The lowest BCUT2D eigenvalue weighted by Gasteiger charge is -2.06. The van der Waals surface area contributed by atoms with E-state index in [0.717, 1.165) is 6.54 Å². The summed E-state index contributed by atoms with van der Waals surface area (Å²) in [6.45, 7) is 5.66. The van der Waals surface area contributed by atoms with Gasteiger partial charge in [0.1, 0.15) is 0 Å². The van der Waals surface area contributed by atoms with E-state index in [9.17, 15) is 0 Å². The maximum absolute atomic E-state index is 5.55. The summed E-state index contributed by atoms with van der Waals surface area (Å²) in [5.74, 6) is 0. The van der Waals surface area contributed by atoms with Crippen LogP contribution in [0.4, 0.5) is 0 Å². The van der Waals surface area contributed by atoms with Crippen LogP contribution in [0.3, 0.4) is 0 Å². The van der Waals surface area contributed by atoms with Gasteiger partial charge < -0.3 is 11.1 Å². The lowest BCUT2D eigenvalue weighted by molar-refractivity contribution is 0.515. The Morgan fingerprint density at radius 2 is 0.487 bits per heavy atom. The van der Waals surface area contributed by atoms with Gasteiger partial charge >= 0.3 is 0 Å². The highest BCUT2D eigenvalue weighted by Gasteiger charge is 1.97. The SMILES string of the molecule is CCCCCCCCCCCCCCCCCCCNCCCCCCCCCCCCCCCCCCN. The molecule has 0 rings (SSSR count). The summed E-state index contributed by atoms with van der Waals surface area (Å²) >= 11 is 0. The van der Waals surface area contributed by atoms with Gasteiger partial charge in [0.2, 0.25) is 0 Å². The number of nitrogens with two attached hydrogens (primary N) is 1. The first-order chi connectivity index (χ1) is 19.4. The lowest BCUT2D eigenvalue weighted by atomic mass is 10.0. The van der Waals surface area contributed by atoms with E-state index in [-0.39, 0.29) is 0 Å². The second-order valence-electron chi connectivity index (χ2n) is 12.9. The molecular weight excluding hydrogens is 472 g/mol. The summed E-state index contributed by atoms with van der Waals surface area (Å²) in [4.78, 5) is 0. The minimum absolute atomic E-state index is 0.872. The highest BCUT2D eigenvalue weighted by molar-refractivity contribution is 4.54. The van der Waals surface area contributed by atoms with Gasteiger partial charge in [-0.1, -0.05) is 200 Å². The Morgan fingerprint density at radius 3 is 0.718 bits per heavy atom. The molecule has 0 aromatic carbocycles. The van der Waals surface area contributed by atoms with Crippen molar-refractivity contribution in [3.63, 3.8) is 0 Å². The standard InChI is InChI=1S/C37H78N2/c1-2-3-4-5-6-7-8-9-10-12-15-18-21-24-27-30-33-36-39-37-34-31-28-25-22-19-16-13-11-14-17-20-23-26-29-32-35-38/h39H,2-38H2,1H3. The molecule has 2 heteroatoms.